The summed E-state index contributed by atoms with van der Waals surface area (Å²) >= 11 is 0. The van der Waals surface area contributed by atoms with Gasteiger partial charge in [-0.1, -0.05) is 357 Å². The van der Waals surface area contributed by atoms with Crippen molar-refractivity contribution in [2.45, 2.75) is 373 Å². The molecule has 0 rings (SSSR count). The predicted molar refractivity (Wildman–Crippen MR) is 376 cm³/mol. The summed E-state index contributed by atoms with van der Waals surface area (Å²) in [6.07, 6.45) is 90.6. The van der Waals surface area contributed by atoms with E-state index in [0.29, 0.717) is 23.9 Å². The van der Waals surface area contributed by atoms with Gasteiger partial charge < -0.3 is 18.9 Å². The SMILES string of the molecule is CC/C=C\C/C=C\C/C=C\C/C=C\C/C=C\CCCCCCCCCCCCCCCCCC(=O)OC(COC(=O)CCCCCCCCCCCCCCCCCCCCCCCCCCCCCCCCCC)COP(=O)(O)OCC[N+](C)(C)C. The van der Waals surface area contributed by atoms with Gasteiger partial charge in [-0.05, 0) is 57.8 Å². The molecular weight excluding hydrogens is 1100 g/mol. The highest BCUT2D eigenvalue weighted by atomic mass is 31.2. The normalized spacial score (nSPS) is 13.4. The Balaban J connectivity index is 3.97. The van der Waals surface area contributed by atoms with Crippen molar-refractivity contribution >= 4 is 19.8 Å². The molecule has 0 radical (unpaired) electrons. The minimum absolute atomic E-state index is 0.0329. The summed E-state index contributed by atoms with van der Waals surface area (Å²) in [5, 5.41) is 0. The van der Waals surface area contributed by atoms with Crippen LogP contribution in [-0.2, 0) is 32.7 Å². The first kappa shape index (κ1) is 84.7. The van der Waals surface area contributed by atoms with Crippen molar-refractivity contribution < 1.29 is 42.1 Å². The Hall–Kier alpha value is -2.29. The van der Waals surface area contributed by atoms with Crippen LogP contribution in [0.15, 0.2) is 60.8 Å². The minimum Gasteiger partial charge on any atom is -0.462 e. The van der Waals surface area contributed by atoms with Crippen LogP contribution in [0.25, 0.3) is 0 Å². The highest BCUT2D eigenvalue weighted by Gasteiger charge is 2.27. The van der Waals surface area contributed by atoms with Crippen LogP contribution in [0.2, 0.25) is 0 Å². The summed E-state index contributed by atoms with van der Waals surface area (Å²) in [4.78, 5) is 35.9. The highest BCUT2D eigenvalue weighted by molar-refractivity contribution is 7.47. The zero-order valence-corrected chi connectivity index (χ0v) is 59.2. The molecule has 0 heterocycles. The molecule has 0 saturated carbocycles. The number of allylic oxidation sites excluding steroid dienone is 10. The fraction of sp³-hybridized carbons (Fsp3) is 0.844. The molecule has 0 spiro atoms. The maximum Gasteiger partial charge on any atom is 0.472 e. The molecule has 0 aromatic heterocycles. The van der Waals surface area contributed by atoms with Crippen LogP contribution in [0.4, 0.5) is 0 Å². The van der Waals surface area contributed by atoms with Crippen LogP contribution in [0.3, 0.4) is 0 Å². The summed E-state index contributed by atoms with van der Waals surface area (Å²) in [7, 11) is 1.49. The lowest BCUT2D eigenvalue weighted by molar-refractivity contribution is -0.870. The number of phosphoric ester groups is 1. The number of phosphoric acid groups is 1. The number of ether oxygens (including phenoxy) is 2. The van der Waals surface area contributed by atoms with Crippen LogP contribution < -0.4 is 0 Å². The Morgan fingerprint density at radius 1 is 0.368 bits per heavy atom. The van der Waals surface area contributed by atoms with Crippen LogP contribution in [0, 0.1) is 0 Å². The molecule has 87 heavy (non-hydrogen) atoms. The van der Waals surface area contributed by atoms with E-state index in [1.807, 2.05) is 21.1 Å². The van der Waals surface area contributed by atoms with E-state index in [2.05, 4.69) is 74.6 Å². The second-order valence-electron chi connectivity index (χ2n) is 26.7. The van der Waals surface area contributed by atoms with Gasteiger partial charge in [-0.2, -0.15) is 0 Å². The first-order valence-corrected chi connectivity index (χ1v) is 39.0. The number of carbonyl (C=O) groups excluding carboxylic acids is 2. The molecule has 1 N–H and O–H groups in total. The predicted octanol–water partition coefficient (Wildman–Crippen LogP) is 24.6. The summed E-state index contributed by atoms with van der Waals surface area (Å²) < 4.78 is 34.8. The van der Waals surface area contributed by atoms with Crippen molar-refractivity contribution in [1.29, 1.82) is 0 Å². The van der Waals surface area contributed by atoms with E-state index in [1.165, 1.54) is 270 Å². The quantitative estimate of drug-likeness (QED) is 0.0211. The first-order chi connectivity index (χ1) is 42.5. The van der Waals surface area contributed by atoms with Gasteiger partial charge in [0, 0.05) is 12.8 Å². The maximum atomic E-state index is 12.9. The highest BCUT2D eigenvalue weighted by Crippen LogP contribution is 2.43. The van der Waals surface area contributed by atoms with E-state index in [0.717, 1.165) is 64.2 Å². The third-order valence-electron chi connectivity index (χ3n) is 16.8. The van der Waals surface area contributed by atoms with Gasteiger partial charge in [-0.3, -0.25) is 18.6 Å². The minimum atomic E-state index is -4.39. The molecule has 0 aromatic rings. The molecule has 10 heteroatoms. The third kappa shape index (κ3) is 72.6. The lowest BCUT2D eigenvalue weighted by Gasteiger charge is -2.24. The zero-order valence-electron chi connectivity index (χ0n) is 58.3. The molecule has 0 amide bonds. The molecule has 2 unspecified atom stereocenters. The lowest BCUT2D eigenvalue weighted by atomic mass is 10.0. The Morgan fingerprint density at radius 3 is 0.977 bits per heavy atom. The average Bonchev–Trinajstić information content (AvgIpc) is 3.62. The summed E-state index contributed by atoms with van der Waals surface area (Å²) in [5.74, 6) is -0.779. The van der Waals surface area contributed by atoms with Gasteiger partial charge in [0.25, 0.3) is 0 Å². The molecule has 0 aromatic carbocycles. The van der Waals surface area contributed by atoms with Crippen LogP contribution >= 0.6 is 7.82 Å². The summed E-state index contributed by atoms with van der Waals surface area (Å²) in [5.41, 5.74) is 0. The molecule has 2 atom stereocenters. The molecule has 0 aliphatic rings. The number of rotatable bonds is 70. The van der Waals surface area contributed by atoms with Crippen molar-refractivity contribution in [2.75, 3.05) is 47.5 Å². The van der Waals surface area contributed by atoms with Crippen molar-refractivity contribution in [2.24, 2.45) is 0 Å². The third-order valence-corrected chi connectivity index (χ3v) is 17.8. The summed E-state index contributed by atoms with van der Waals surface area (Å²) in [6, 6.07) is 0. The van der Waals surface area contributed by atoms with E-state index in [1.54, 1.807) is 0 Å². The van der Waals surface area contributed by atoms with E-state index < -0.39 is 26.5 Å². The smallest absolute Gasteiger partial charge is 0.462 e. The molecule has 0 fully saturated rings. The molecule has 9 nitrogen and oxygen atoms in total. The standard InChI is InChI=1S/C77H144NO8P/c1-6-8-10-12-14-16-18-20-22-24-26-28-30-32-34-36-38-40-41-43-45-47-49-51-53-55-57-59-61-63-65-67-69-76(79)83-73-75(74-85-87(81,82)84-72-71-78(3,4)5)86-77(80)70-68-66-64-62-60-58-56-54-52-50-48-46-44-42-39-37-35-33-31-29-27-25-23-21-19-17-15-13-11-9-7-2/h9,11,15,17,21,23,27,29,33,35,75H,6-8,10,12-14,16,18-20,22,24-26,28,30-32,34,36-74H2,1-5H3/p+1/b11-9-,17-15-,23-21-,29-27-,35-33-. The molecule has 0 aliphatic heterocycles. The fourth-order valence-corrected chi connectivity index (χ4v) is 11.8. The molecule has 0 aliphatic carbocycles. The second-order valence-corrected chi connectivity index (χ2v) is 28.1. The largest absolute Gasteiger partial charge is 0.472 e. The van der Waals surface area contributed by atoms with E-state index in [9.17, 15) is 19.0 Å². The Morgan fingerprint density at radius 2 is 0.655 bits per heavy atom. The number of nitrogens with zero attached hydrogens (tertiary/aromatic N) is 1. The van der Waals surface area contributed by atoms with Gasteiger partial charge >= 0.3 is 19.8 Å². The maximum absolute atomic E-state index is 12.9. The van der Waals surface area contributed by atoms with Gasteiger partial charge in [0.2, 0.25) is 0 Å². The molecule has 0 bridgehead atoms. The Kier molecular flexibility index (Phi) is 66.3. The van der Waals surface area contributed by atoms with Crippen molar-refractivity contribution in [3.8, 4) is 0 Å². The fourth-order valence-electron chi connectivity index (χ4n) is 11.1. The first-order valence-electron chi connectivity index (χ1n) is 37.5. The van der Waals surface area contributed by atoms with E-state index in [4.69, 9.17) is 18.5 Å². The van der Waals surface area contributed by atoms with E-state index >= 15 is 0 Å². The zero-order chi connectivity index (χ0) is 63.4. The monoisotopic (exact) mass is 1240 g/mol. The average molecular weight is 1240 g/mol. The van der Waals surface area contributed by atoms with Crippen LogP contribution in [-0.4, -0.2) is 74.9 Å². The molecular formula is C77H145NO8P+. The number of hydrogen-bond acceptors (Lipinski definition) is 7. The Bertz CT molecular complexity index is 1650. The number of likely N-dealkylation sites (N-methyl/N-ethyl adjacent to an activating group) is 1. The van der Waals surface area contributed by atoms with Gasteiger partial charge in [0.05, 0.1) is 27.7 Å². The molecule has 510 valence electrons. The van der Waals surface area contributed by atoms with Crippen molar-refractivity contribution in [1.82, 2.24) is 0 Å². The van der Waals surface area contributed by atoms with Crippen LogP contribution in [0.5, 0.6) is 0 Å². The van der Waals surface area contributed by atoms with Gasteiger partial charge in [0.15, 0.2) is 6.10 Å². The summed E-state index contributed by atoms with van der Waals surface area (Å²) in [6.45, 7) is 4.39. The number of hydrogen-bond donors (Lipinski definition) is 1. The van der Waals surface area contributed by atoms with Crippen LogP contribution in [0.1, 0.15) is 367 Å². The molecule has 0 saturated heterocycles. The topological polar surface area (TPSA) is 108 Å². The van der Waals surface area contributed by atoms with Gasteiger partial charge in [0.1, 0.15) is 19.8 Å². The van der Waals surface area contributed by atoms with Gasteiger partial charge in [-0.15, -0.1) is 0 Å². The number of unbranched alkanes of at least 4 members (excludes halogenated alkanes) is 46. The van der Waals surface area contributed by atoms with Crippen molar-refractivity contribution in [3.63, 3.8) is 0 Å². The number of esters is 2. The number of carbonyl (C=O) groups is 2. The second kappa shape index (κ2) is 68.1. The van der Waals surface area contributed by atoms with Gasteiger partial charge in [-0.25, -0.2) is 4.57 Å². The Labute approximate surface area is 540 Å². The van der Waals surface area contributed by atoms with Crippen molar-refractivity contribution in [3.05, 3.63) is 60.8 Å². The van der Waals surface area contributed by atoms with E-state index in [-0.39, 0.29) is 25.6 Å². The lowest BCUT2D eigenvalue weighted by Crippen LogP contribution is -2.37. The number of quaternary nitrogens is 1.